The number of nitrogens with one attached hydrogen (secondary N) is 1. The average Bonchev–Trinajstić information content (AvgIpc) is 2.64. The Morgan fingerprint density at radius 3 is 2.47 bits per heavy atom. The predicted molar refractivity (Wildman–Crippen MR) is 71.6 cm³/mol. The van der Waals surface area contributed by atoms with Crippen molar-refractivity contribution in [2.24, 2.45) is 18.9 Å². The van der Waals surface area contributed by atoms with Crippen molar-refractivity contribution in [3.63, 3.8) is 0 Å². The third-order valence-corrected chi connectivity index (χ3v) is 4.53. The third-order valence-electron chi connectivity index (χ3n) is 3.96. The van der Waals surface area contributed by atoms with Crippen LogP contribution in [0.15, 0.2) is 4.60 Å². The van der Waals surface area contributed by atoms with E-state index in [2.05, 4.69) is 38.5 Å². The fraction of sp³-hybridized carbons (Fsp3) is 0.833. The minimum absolute atomic E-state index is 0.358. The number of aryl methyl sites for hydroxylation is 1. The highest BCUT2D eigenvalue weighted by Crippen LogP contribution is 2.37. The topological polar surface area (TPSA) is 42.7 Å². The lowest BCUT2D eigenvalue weighted by Crippen LogP contribution is -2.30. The molecule has 0 aromatic carbocycles. The zero-order valence-corrected chi connectivity index (χ0v) is 12.4. The van der Waals surface area contributed by atoms with E-state index in [1.807, 2.05) is 18.8 Å². The van der Waals surface area contributed by atoms with Gasteiger partial charge < -0.3 is 5.32 Å². The van der Waals surface area contributed by atoms with Gasteiger partial charge in [-0.15, -0.1) is 5.10 Å². The van der Waals surface area contributed by atoms with E-state index in [1.54, 1.807) is 0 Å². The first-order chi connectivity index (χ1) is 8.13. The van der Waals surface area contributed by atoms with Gasteiger partial charge in [0.1, 0.15) is 0 Å². The van der Waals surface area contributed by atoms with Crippen LogP contribution in [0, 0.1) is 11.8 Å². The second kappa shape index (κ2) is 5.48. The zero-order chi connectivity index (χ0) is 12.4. The Labute approximate surface area is 111 Å². The number of hydrogen-bond donors (Lipinski definition) is 1. The van der Waals surface area contributed by atoms with Gasteiger partial charge in [0, 0.05) is 7.05 Å². The Morgan fingerprint density at radius 1 is 1.35 bits per heavy atom. The van der Waals surface area contributed by atoms with E-state index in [0.717, 1.165) is 10.5 Å². The lowest BCUT2D eigenvalue weighted by molar-refractivity contribution is 0.231. The lowest BCUT2D eigenvalue weighted by atomic mass is 9.78. The van der Waals surface area contributed by atoms with Gasteiger partial charge in [0.15, 0.2) is 4.60 Å². The van der Waals surface area contributed by atoms with Gasteiger partial charge in [-0.05, 0) is 47.7 Å². The maximum atomic E-state index is 4.08. The smallest absolute Gasteiger partial charge is 0.153 e. The van der Waals surface area contributed by atoms with Crippen molar-refractivity contribution in [1.29, 1.82) is 0 Å². The van der Waals surface area contributed by atoms with Crippen LogP contribution in [-0.4, -0.2) is 22.0 Å². The van der Waals surface area contributed by atoms with Crippen LogP contribution >= 0.6 is 15.9 Å². The highest BCUT2D eigenvalue weighted by Gasteiger charge is 2.29. The van der Waals surface area contributed by atoms with Crippen LogP contribution in [0.1, 0.15) is 44.3 Å². The molecule has 1 unspecified atom stereocenters. The molecule has 1 aromatic rings. The van der Waals surface area contributed by atoms with Gasteiger partial charge >= 0.3 is 0 Å². The minimum atomic E-state index is 0.358. The van der Waals surface area contributed by atoms with Crippen molar-refractivity contribution >= 4 is 15.9 Å². The molecule has 4 nitrogen and oxygen atoms in total. The molecule has 1 saturated carbocycles. The van der Waals surface area contributed by atoms with Gasteiger partial charge in [0.2, 0.25) is 0 Å². The summed E-state index contributed by atoms with van der Waals surface area (Å²) in [6.45, 7) is 2.35. The first-order valence-electron chi connectivity index (χ1n) is 6.35. The summed E-state index contributed by atoms with van der Waals surface area (Å²) >= 11 is 3.50. The monoisotopic (exact) mass is 300 g/mol. The Morgan fingerprint density at radius 2 is 2.00 bits per heavy atom. The third kappa shape index (κ3) is 2.71. The van der Waals surface area contributed by atoms with Crippen molar-refractivity contribution in [3.05, 3.63) is 10.3 Å². The summed E-state index contributed by atoms with van der Waals surface area (Å²) in [5.41, 5.74) is 1.17. The van der Waals surface area contributed by atoms with Crippen LogP contribution in [0.4, 0.5) is 0 Å². The summed E-state index contributed by atoms with van der Waals surface area (Å²) in [7, 11) is 3.99. The molecule has 17 heavy (non-hydrogen) atoms. The van der Waals surface area contributed by atoms with E-state index >= 15 is 0 Å². The van der Waals surface area contributed by atoms with Crippen LogP contribution in [0.3, 0.4) is 0 Å². The number of rotatable bonds is 3. The van der Waals surface area contributed by atoms with Crippen LogP contribution in [-0.2, 0) is 7.05 Å². The predicted octanol–water partition coefficient (Wildman–Crippen LogP) is 2.66. The van der Waals surface area contributed by atoms with Crippen molar-refractivity contribution in [2.45, 2.75) is 38.6 Å². The van der Waals surface area contributed by atoms with Crippen molar-refractivity contribution in [2.75, 3.05) is 7.05 Å². The van der Waals surface area contributed by atoms with Crippen molar-refractivity contribution < 1.29 is 0 Å². The summed E-state index contributed by atoms with van der Waals surface area (Å²) < 4.78 is 2.75. The lowest BCUT2D eigenvalue weighted by Gasteiger charge is -2.32. The summed E-state index contributed by atoms with van der Waals surface area (Å²) in [4.78, 5) is 0. The summed E-state index contributed by atoms with van der Waals surface area (Å²) in [5, 5.41) is 11.6. The molecule has 1 N–H and O–H groups in total. The van der Waals surface area contributed by atoms with Crippen molar-refractivity contribution in [3.8, 4) is 0 Å². The van der Waals surface area contributed by atoms with Crippen LogP contribution in [0.5, 0.6) is 0 Å². The molecule has 2 rings (SSSR count). The molecule has 0 saturated heterocycles. The molecule has 0 spiro atoms. The molecule has 5 heteroatoms. The summed E-state index contributed by atoms with van der Waals surface area (Å²) in [6, 6.07) is 0.358. The largest absolute Gasteiger partial charge is 0.311 e. The van der Waals surface area contributed by atoms with Crippen LogP contribution in [0.2, 0.25) is 0 Å². The van der Waals surface area contributed by atoms with E-state index in [-0.39, 0.29) is 0 Å². The molecular weight excluding hydrogens is 280 g/mol. The number of aromatic nitrogens is 3. The molecule has 0 bridgehead atoms. The van der Waals surface area contributed by atoms with Gasteiger partial charge in [-0.25, -0.2) is 4.68 Å². The second-order valence-electron chi connectivity index (χ2n) is 5.18. The Balaban J connectivity index is 2.16. The highest BCUT2D eigenvalue weighted by atomic mass is 79.9. The Hall–Kier alpha value is -0.420. The fourth-order valence-corrected chi connectivity index (χ4v) is 3.46. The standard InChI is InChI=1S/C12H21BrN4/c1-8-4-6-9(7-5-8)10(14-2)11-12(13)15-16-17(11)3/h8-10,14H,4-7H2,1-3H3. The van der Waals surface area contributed by atoms with E-state index in [1.165, 1.54) is 31.4 Å². The molecule has 1 aliphatic rings. The Bertz CT molecular complexity index is 349. The number of halogens is 1. The second-order valence-corrected chi connectivity index (χ2v) is 5.93. The minimum Gasteiger partial charge on any atom is -0.311 e. The normalized spacial score (nSPS) is 27.1. The quantitative estimate of drug-likeness (QED) is 0.933. The van der Waals surface area contributed by atoms with E-state index in [9.17, 15) is 0 Å². The SMILES string of the molecule is CNC(c1c(Br)nnn1C)C1CCC(C)CC1. The van der Waals surface area contributed by atoms with E-state index in [0.29, 0.717) is 12.0 Å². The van der Waals surface area contributed by atoms with E-state index in [4.69, 9.17) is 0 Å². The first kappa shape index (κ1) is 13.0. The molecule has 1 heterocycles. The van der Waals surface area contributed by atoms with E-state index < -0.39 is 0 Å². The maximum absolute atomic E-state index is 4.08. The first-order valence-corrected chi connectivity index (χ1v) is 7.15. The zero-order valence-electron chi connectivity index (χ0n) is 10.8. The highest BCUT2D eigenvalue weighted by molar-refractivity contribution is 9.10. The van der Waals surface area contributed by atoms with Gasteiger partial charge in [-0.3, -0.25) is 0 Å². The van der Waals surface area contributed by atoms with Gasteiger partial charge in [-0.1, -0.05) is 25.0 Å². The fourth-order valence-electron chi connectivity index (χ4n) is 2.88. The molecule has 0 radical (unpaired) electrons. The summed E-state index contributed by atoms with van der Waals surface area (Å²) in [5.74, 6) is 1.58. The van der Waals surface area contributed by atoms with Gasteiger partial charge in [0.05, 0.1) is 11.7 Å². The molecule has 96 valence electrons. The molecule has 1 atom stereocenters. The molecule has 1 aliphatic carbocycles. The number of nitrogens with zero attached hydrogens (tertiary/aromatic N) is 3. The van der Waals surface area contributed by atoms with Crippen LogP contribution < -0.4 is 5.32 Å². The molecule has 1 fully saturated rings. The molecule has 0 amide bonds. The summed E-state index contributed by atoms with van der Waals surface area (Å²) in [6.07, 6.45) is 5.27. The maximum Gasteiger partial charge on any atom is 0.153 e. The van der Waals surface area contributed by atoms with Crippen LogP contribution in [0.25, 0.3) is 0 Å². The van der Waals surface area contributed by atoms with Gasteiger partial charge in [-0.2, -0.15) is 0 Å². The van der Waals surface area contributed by atoms with Crippen molar-refractivity contribution in [1.82, 2.24) is 20.3 Å². The van der Waals surface area contributed by atoms with Gasteiger partial charge in [0.25, 0.3) is 0 Å². The number of hydrogen-bond acceptors (Lipinski definition) is 3. The molecule has 0 aliphatic heterocycles. The Kier molecular flexibility index (Phi) is 4.20. The molecule has 1 aromatic heterocycles. The average molecular weight is 301 g/mol. The molecular formula is C12H21BrN4.